The van der Waals surface area contributed by atoms with Crippen molar-refractivity contribution in [1.29, 1.82) is 0 Å². The van der Waals surface area contributed by atoms with Gasteiger partial charge in [-0.05, 0) is 78.6 Å². The van der Waals surface area contributed by atoms with Crippen LogP contribution in [-0.4, -0.2) is 50.2 Å². The number of nitrogens with two attached hydrogens (primary N) is 1. The van der Waals surface area contributed by atoms with E-state index in [1.54, 1.807) is 32.9 Å². The Morgan fingerprint density at radius 2 is 1.55 bits per heavy atom. The van der Waals surface area contributed by atoms with Crippen molar-refractivity contribution in [2.75, 3.05) is 18.0 Å². The van der Waals surface area contributed by atoms with Crippen molar-refractivity contribution in [1.82, 2.24) is 4.90 Å². The summed E-state index contributed by atoms with van der Waals surface area (Å²) in [6.07, 6.45) is 2.41. The highest BCUT2D eigenvalue weighted by Crippen LogP contribution is 2.18. The second kappa shape index (κ2) is 12.4. The largest absolute Gasteiger partial charge is 0.444 e. The summed E-state index contributed by atoms with van der Waals surface area (Å²) < 4.78 is 23.2. The van der Waals surface area contributed by atoms with Gasteiger partial charge in [0.1, 0.15) is 5.60 Å². The number of hydrogen-bond donors (Lipinski definition) is 2. The lowest BCUT2D eigenvalue weighted by Gasteiger charge is -2.33. The van der Waals surface area contributed by atoms with Gasteiger partial charge in [0.2, 0.25) is 6.41 Å². The summed E-state index contributed by atoms with van der Waals surface area (Å²) in [5.74, 6) is 0.617. The summed E-state index contributed by atoms with van der Waals surface area (Å²) in [4.78, 5) is 14.5. The average Bonchev–Trinajstić information content (AvgIpc) is 2.61. The molecule has 1 aromatic carbocycles. The maximum Gasteiger partial charge on any atom is 0.414 e. The van der Waals surface area contributed by atoms with E-state index < -0.39 is 34.5 Å². The molecule has 8 heteroatoms. The highest BCUT2D eigenvalue weighted by Gasteiger charge is 2.30. The topological polar surface area (TPSA) is 102 Å². The molecule has 0 fully saturated rings. The van der Waals surface area contributed by atoms with E-state index in [0.29, 0.717) is 24.4 Å². The molecule has 7 nitrogen and oxygen atoms in total. The van der Waals surface area contributed by atoms with Crippen LogP contribution in [-0.2, 0) is 20.3 Å². The molecule has 0 aliphatic heterocycles. The van der Waals surface area contributed by atoms with Crippen LogP contribution in [0.15, 0.2) is 29.2 Å². The molecule has 0 aliphatic carbocycles. The zero-order chi connectivity index (χ0) is 23.7. The Hall–Kier alpha value is -1.64. The number of nitrogen functional groups attached to an aromatic ring is 1. The first kappa shape index (κ1) is 27.4. The average molecular weight is 457 g/mol. The minimum Gasteiger partial charge on any atom is -0.444 e. The number of ether oxygens (including phenoxy) is 2. The van der Waals surface area contributed by atoms with Crippen molar-refractivity contribution >= 4 is 22.6 Å². The van der Waals surface area contributed by atoms with E-state index in [1.165, 1.54) is 4.90 Å². The van der Waals surface area contributed by atoms with E-state index in [9.17, 15) is 14.1 Å². The van der Waals surface area contributed by atoms with Crippen LogP contribution < -0.4 is 5.73 Å². The predicted molar refractivity (Wildman–Crippen MR) is 125 cm³/mol. The lowest BCUT2D eigenvalue weighted by molar-refractivity contribution is -0.230. The van der Waals surface area contributed by atoms with Crippen molar-refractivity contribution in [2.24, 2.45) is 0 Å². The van der Waals surface area contributed by atoms with Gasteiger partial charge in [-0.2, -0.15) is 0 Å². The zero-order valence-corrected chi connectivity index (χ0v) is 20.7. The summed E-state index contributed by atoms with van der Waals surface area (Å²) in [6, 6.07) is 7.15. The molecule has 1 rings (SSSR count). The first-order valence-corrected chi connectivity index (χ1v) is 12.2. The number of aliphatic hydroxyl groups is 1. The molecule has 2 unspecified atom stereocenters. The predicted octanol–water partition coefficient (Wildman–Crippen LogP) is 4.66. The normalized spacial score (nSPS) is 14.2. The van der Waals surface area contributed by atoms with Gasteiger partial charge in [0.25, 0.3) is 0 Å². The molecule has 0 spiro atoms. The third-order valence-electron chi connectivity index (χ3n) is 4.23. The van der Waals surface area contributed by atoms with Crippen molar-refractivity contribution in [3.05, 3.63) is 24.3 Å². The van der Waals surface area contributed by atoms with Crippen LogP contribution >= 0.6 is 0 Å². The van der Waals surface area contributed by atoms with Crippen LogP contribution in [0, 0.1) is 0 Å². The summed E-state index contributed by atoms with van der Waals surface area (Å²) in [6.45, 7) is 11.1. The molecular formula is C23H40N2O5S. The van der Waals surface area contributed by atoms with Gasteiger partial charge in [-0.15, -0.1) is 0 Å². The smallest absolute Gasteiger partial charge is 0.414 e. The van der Waals surface area contributed by atoms with E-state index in [-0.39, 0.29) is 0 Å². The van der Waals surface area contributed by atoms with E-state index in [1.807, 2.05) is 32.9 Å². The molecule has 1 aromatic rings. The fraction of sp³-hybridized carbons (Fsp3) is 0.696. The molecule has 0 saturated carbocycles. The number of benzene rings is 1. The lowest BCUT2D eigenvalue weighted by Crippen LogP contribution is -2.47. The molecule has 0 heterocycles. The van der Waals surface area contributed by atoms with E-state index in [0.717, 1.165) is 30.6 Å². The Balaban J connectivity index is 2.40. The van der Waals surface area contributed by atoms with Crippen molar-refractivity contribution in [3.8, 4) is 0 Å². The van der Waals surface area contributed by atoms with E-state index in [4.69, 9.17) is 15.2 Å². The Labute approximate surface area is 189 Å². The quantitative estimate of drug-likeness (QED) is 0.285. The molecule has 0 bridgehead atoms. The molecule has 1 amide bonds. The summed E-state index contributed by atoms with van der Waals surface area (Å²) in [5, 5.41) is 10.4. The minimum atomic E-state index is -1.36. The van der Waals surface area contributed by atoms with Gasteiger partial charge in [-0.3, -0.25) is 9.11 Å². The maximum absolute atomic E-state index is 12.5. The third kappa shape index (κ3) is 12.1. The molecule has 0 aromatic heterocycles. The minimum absolute atomic E-state index is 0.337. The van der Waals surface area contributed by atoms with Gasteiger partial charge < -0.3 is 20.3 Å². The highest BCUT2D eigenvalue weighted by molar-refractivity contribution is 7.85. The number of unbranched alkanes of at least 4 members (excludes halogenated alkanes) is 4. The monoisotopic (exact) mass is 456 g/mol. The molecular weight excluding hydrogens is 416 g/mol. The SMILES string of the molecule is CC(C)(C)OC(=O)N(CCCCCCCS(=O)c1ccc(N)cc1)C(O)OC(C)(C)C. The second-order valence-corrected chi connectivity index (χ2v) is 11.2. The molecule has 3 N–H and O–H groups in total. The summed E-state index contributed by atoms with van der Waals surface area (Å²) in [7, 11) is -1.01. The number of aliphatic hydroxyl groups excluding tert-OH is 1. The van der Waals surface area contributed by atoms with Crippen LogP contribution in [0.2, 0.25) is 0 Å². The van der Waals surface area contributed by atoms with Gasteiger partial charge in [0, 0.05) is 22.9 Å². The zero-order valence-electron chi connectivity index (χ0n) is 19.8. The van der Waals surface area contributed by atoms with Crippen molar-refractivity contribution < 1.29 is 23.6 Å². The van der Waals surface area contributed by atoms with Gasteiger partial charge >= 0.3 is 6.09 Å². The number of anilines is 1. The first-order valence-electron chi connectivity index (χ1n) is 10.9. The Kier molecular flexibility index (Phi) is 11.0. The molecule has 0 aliphatic rings. The van der Waals surface area contributed by atoms with E-state index >= 15 is 0 Å². The van der Waals surface area contributed by atoms with Gasteiger partial charge in [0.15, 0.2) is 0 Å². The van der Waals surface area contributed by atoms with Crippen molar-refractivity contribution in [3.63, 3.8) is 0 Å². The molecule has 31 heavy (non-hydrogen) atoms. The molecule has 2 atom stereocenters. The number of hydrogen-bond acceptors (Lipinski definition) is 6. The first-order chi connectivity index (χ1) is 14.3. The molecule has 0 saturated heterocycles. The van der Waals surface area contributed by atoms with Gasteiger partial charge in [-0.1, -0.05) is 19.3 Å². The van der Waals surface area contributed by atoms with Crippen LogP contribution in [0.4, 0.5) is 10.5 Å². The van der Waals surface area contributed by atoms with Gasteiger partial charge in [-0.25, -0.2) is 4.79 Å². The Bertz CT molecular complexity index is 695. The van der Waals surface area contributed by atoms with Crippen LogP contribution in [0.5, 0.6) is 0 Å². The second-order valence-electron chi connectivity index (χ2n) is 9.62. The Morgan fingerprint density at radius 3 is 2.10 bits per heavy atom. The maximum atomic E-state index is 12.5. The number of nitrogens with zero attached hydrogens (tertiary/aromatic N) is 1. The Morgan fingerprint density at radius 1 is 1.00 bits per heavy atom. The van der Waals surface area contributed by atoms with E-state index in [2.05, 4.69) is 0 Å². The lowest BCUT2D eigenvalue weighted by atomic mass is 10.1. The highest BCUT2D eigenvalue weighted by atomic mass is 32.2. The van der Waals surface area contributed by atoms with Gasteiger partial charge in [0.05, 0.1) is 16.4 Å². The fourth-order valence-corrected chi connectivity index (χ4v) is 3.92. The third-order valence-corrected chi connectivity index (χ3v) is 5.68. The summed E-state index contributed by atoms with van der Waals surface area (Å²) >= 11 is 0. The van der Waals surface area contributed by atoms with Crippen LogP contribution in [0.25, 0.3) is 0 Å². The number of amides is 1. The standard InChI is InChI=1S/C23H40N2O5S/c1-22(2,3)29-20(26)25(21(27)30-23(4,5)6)16-10-8-7-9-11-17-31(28)19-14-12-18(24)13-15-19/h12-15,20,26H,7-11,16-17,24H2,1-6H3. The van der Waals surface area contributed by atoms with Crippen LogP contribution in [0.3, 0.4) is 0 Å². The molecule has 178 valence electrons. The number of carbonyl (C=O) groups is 1. The summed E-state index contributed by atoms with van der Waals surface area (Å²) in [5.41, 5.74) is 5.07. The van der Waals surface area contributed by atoms with Crippen LogP contribution in [0.1, 0.15) is 73.6 Å². The fourth-order valence-electron chi connectivity index (χ4n) is 2.78. The number of carbonyl (C=O) groups excluding carboxylic acids is 1. The molecule has 0 radical (unpaired) electrons. The van der Waals surface area contributed by atoms with Crippen molar-refractivity contribution in [2.45, 2.75) is 96.2 Å². The number of rotatable bonds is 11.